The van der Waals surface area contributed by atoms with Crippen molar-refractivity contribution in [3.8, 4) is 0 Å². The smallest absolute Gasteiger partial charge is 0.305 e. The molecule has 2 aliphatic heterocycles. The number of rotatable bonds is 9. The molecule has 1 N–H and O–H groups in total. The number of esters is 1. The lowest BCUT2D eigenvalue weighted by molar-refractivity contribution is -0.140. The molecule has 0 bridgehead atoms. The number of fused-ring (bicyclic) bond motifs is 1. The quantitative estimate of drug-likeness (QED) is 0.323. The van der Waals surface area contributed by atoms with Gasteiger partial charge in [-0.2, -0.15) is 9.40 Å². The van der Waals surface area contributed by atoms with E-state index in [2.05, 4.69) is 31.1 Å². The standard InChI is InChI=1S/C28H31BrClN5O4S/c1-39-27(36)13-10-19-8-11-21(12-9-19)40(37,38)34-14-4-5-20(18-34)16-31-26-15-25(22-6-2-3-7-24(22)30)33-28-23(29)17-32-35(26)28/h2-3,6-9,11-12,17,20,26,31H,4-5,10,13-16,18H2,1H3. The van der Waals surface area contributed by atoms with E-state index < -0.39 is 10.0 Å². The first-order valence-electron chi connectivity index (χ1n) is 13.2. The number of piperidine rings is 1. The van der Waals surface area contributed by atoms with Crippen LogP contribution < -0.4 is 5.32 Å². The first-order chi connectivity index (χ1) is 19.3. The highest BCUT2D eigenvalue weighted by atomic mass is 79.9. The molecule has 0 saturated carbocycles. The van der Waals surface area contributed by atoms with E-state index in [9.17, 15) is 13.2 Å². The summed E-state index contributed by atoms with van der Waals surface area (Å²) in [5, 5.41) is 8.79. The predicted octanol–water partition coefficient (Wildman–Crippen LogP) is 5.12. The van der Waals surface area contributed by atoms with Crippen LogP contribution in [0.25, 0.3) is 0 Å². The minimum Gasteiger partial charge on any atom is -0.469 e. The number of hydrogen-bond donors (Lipinski definition) is 1. The van der Waals surface area contributed by atoms with Crippen LogP contribution in [0.3, 0.4) is 0 Å². The van der Waals surface area contributed by atoms with Crippen molar-refractivity contribution in [1.82, 2.24) is 19.4 Å². The molecule has 40 heavy (non-hydrogen) atoms. The normalized spacial score (nSPS) is 19.6. The van der Waals surface area contributed by atoms with E-state index in [0.29, 0.717) is 37.5 Å². The zero-order valence-corrected chi connectivity index (χ0v) is 25.3. The fourth-order valence-electron chi connectivity index (χ4n) is 5.17. The number of benzene rings is 2. The minimum absolute atomic E-state index is 0.144. The Morgan fingerprint density at radius 1 is 1.20 bits per heavy atom. The van der Waals surface area contributed by atoms with Crippen LogP contribution in [0.2, 0.25) is 5.02 Å². The maximum atomic E-state index is 13.4. The van der Waals surface area contributed by atoms with E-state index in [0.717, 1.165) is 40.0 Å². The molecule has 1 saturated heterocycles. The van der Waals surface area contributed by atoms with Crippen LogP contribution in [0.15, 0.2) is 69.1 Å². The molecule has 0 amide bonds. The van der Waals surface area contributed by atoms with Gasteiger partial charge in [-0.15, -0.1) is 0 Å². The van der Waals surface area contributed by atoms with E-state index in [-0.39, 0.29) is 29.4 Å². The Morgan fingerprint density at radius 2 is 1.98 bits per heavy atom. The molecule has 5 rings (SSSR count). The average Bonchev–Trinajstić information content (AvgIpc) is 3.35. The fraction of sp³-hybridized carbons (Fsp3) is 0.393. The molecular weight excluding hydrogens is 618 g/mol. The van der Waals surface area contributed by atoms with Crippen molar-refractivity contribution in [2.45, 2.75) is 43.2 Å². The Balaban J connectivity index is 1.24. The van der Waals surface area contributed by atoms with E-state index >= 15 is 0 Å². The molecule has 0 radical (unpaired) electrons. The SMILES string of the molecule is COC(=O)CCc1ccc(S(=O)(=O)N2CCCC(CNC3CC(c4ccccc4Cl)=Nc4c(Br)cnn43)C2)cc1. The summed E-state index contributed by atoms with van der Waals surface area (Å²) in [6.07, 6.45) is 4.67. The van der Waals surface area contributed by atoms with E-state index in [1.807, 2.05) is 28.9 Å². The zero-order chi connectivity index (χ0) is 28.3. The van der Waals surface area contributed by atoms with Crippen molar-refractivity contribution in [2.24, 2.45) is 10.9 Å². The third-order valence-corrected chi connectivity index (χ3v) is 10.1. The molecule has 9 nitrogen and oxygen atoms in total. The van der Waals surface area contributed by atoms with Crippen LogP contribution in [-0.2, 0) is 26.0 Å². The van der Waals surface area contributed by atoms with Crippen LogP contribution in [0.5, 0.6) is 0 Å². The van der Waals surface area contributed by atoms with E-state index in [1.165, 1.54) is 7.11 Å². The van der Waals surface area contributed by atoms with Gasteiger partial charge in [-0.3, -0.25) is 10.1 Å². The number of aryl methyl sites for hydroxylation is 1. The summed E-state index contributed by atoms with van der Waals surface area (Å²) in [5.74, 6) is 0.580. The van der Waals surface area contributed by atoms with Crippen molar-refractivity contribution >= 4 is 55.1 Å². The minimum atomic E-state index is -3.63. The molecule has 2 unspecified atom stereocenters. The number of nitrogens with one attached hydrogen (secondary N) is 1. The first kappa shape index (κ1) is 28.9. The number of nitrogens with zero attached hydrogens (tertiary/aromatic N) is 4. The summed E-state index contributed by atoms with van der Waals surface area (Å²) in [4.78, 5) is 16.5. The lowest BCUT2D eigenvalue weighted by atomic mass is 9.99. The largest absolute Gasteiger partial charge is 0.469 e. The molecular formula is C28H31BrClN5O4S. The Kier molecular flexibility index (Phi) is 9.06. The van der Waals surface area contributed by atoms with Gasteiger partial charge in [0.15, 0.2) is 5.82 Å². The summed E-state index contributed by atoms with van der Waals surface area (Å²) in [6.45, 7) is 1.56. The molecule has 2 aliphatic rings. The number of halogens is 2. The summed E-state index contributed by atoms with van der Waals surface area (Å²) < 4.78 is 35.8. The van der Waals surface area contributed by atoms with Crippen LogP contribution >= 0.6 is 27.5 Å². The molecule has 1 fully saturated rings. The second kappa shape index (κ2) is 12.5. The number of carbonyl (C=O) groups is 1. The number of hydrogen-bond acceptors (Lipinski definition) is 7. The zero-order valence-electron chi connectivity index (χ0n) is 22.1. The number of aliphatic imine (C=N–C) groups is 1. The number of ether oxygens (including phenoxy) is 1. The highest BCUT2D eigenvalue weighted by Crippen LogP contribution is 2.35. The number of carbonyl (C=O) groups excluding carboxylic acids is 1. The molecule has 2 aromatic carbocycles. The monoisotopic (exact) mass is 647 g/mol. The highest BCUT2D eigenvalue weighted by Gasteiger charge is 2.32. The summed E-state index contributed by atoms with van der Waals surface area (Å²) >= 11 is 10.0. The van der Waals surface area contributed by atoms with Gasteiger partial charge in [-0.05, 0) is 64.9 Å². The van der Waals surface area contributed by atoms with Crippen LogP contribution in [0.1, 0.15) is 43.0 Å². The maximum absolute atomic E-state index is 13.4. The molecule has 1 aromatic heterocycles. The second-order valence-corrected chi connectivity index (χ2v) is 13.2. The van der Waals surface area contributed by atoms with Gasteiger partial charge in [-0.1, -0.05) is 41.9 Å². The maximum Gasteiger partial charge on any atom is 0.305 e. The molecule has 3 aromatic rings. The van der Waals surface area contributed by atoms with Crippen molar-refractivity contribution in [1.29, 1.82) is 0 Å². The van der Waals surface area contributed by atoms with Gasteiger partial charge in [0.05, 0.1) is 28.4 Å². The average molecular weight is 649 g/mol. The Bertz CT molecular complexity index is 1510. The molecule has 0 aliphatic carbocycles. The van der Waals surface area contributed by atoms with Gasteiger partial charge in [0.25, 0.3) is 0 Å². The van der Waals surface area contributed by atoms with Gasteiger partial charge in [0, 0.05) is 43.1 Å². The molecule has 0 spiro atoms. The van der Waals surface area contributed by atoms with Gasteiger partial charge < -0.3 is 4.74 Å². The Morgan fingerprint density at radius 3 is 2.73 bits per heavy atom. The summed E-state index contributed by atoms with van der Waals surface area (Å²) in [7, 11) is -2.27. The Labute approximate surface area is 247 Å². The van der Waals surface area contributed by atoms with Gasteiger partial charge in [0.2, 0.25) is 10.0 Å². The third kappa shape index (κ3) is 6.33. The predicted molar refractivity (Wildman–Crippen MR) is 157 cm³/mol. The van der Waals surface area contributed by atoms with Crippen LogP contribution in [0.4, 0.5) is 5.82 Å². The van der Waals surface area contributed by atoms with Gasteiger partial charge in [0.1, 0.15) is 6.17 Å². The van der Waals surface area contributed by atoms with Crippen molar-refractivity contribution in [3.05, 3.63) is 75.4 Å². The fourth-order valence-corrected chi connectivity index (χ4v) is 7.34. The van der Waals surface area contributed by atoms with Crippen molar-refractivity contribution in [2.75, 3.05) is 26.7 Å². The topological polar surface area (TPSA) is 106 Å². The van der Waals surface area contributed by atoms with E-state index in [4.69, 9.17) is 16.6 Å². The number of methoxy groups -OCH3 is 1. The second-order valence-electron chi connectivity index (χ2n) is 10.0. The van der Waals surface area contributed by atoms with Crippen molar-refractivity contribution in [3.63, 3.8) is 0 Å². The summed E-state index contributed by atoms with van der Waals surface area (Å²) in [5.41, 5.74) is 2.66. The van der Waals surface area contributed by atoms with E-state index in [1.54, 1.807) is 34.8 Å². The Hall–Kier alpha value is -2.57. The number of aromatic nitrogens is 2. The number of sulfonamides is 1. The first-order valence-corrected chi connectivity index (χ1v) is 15.8. The molecule has 2 atom stereocenters. The van der Waals surface area contributed by atoms with Crippen LogP contribution in [0, 0.1) is 5.92 Å². The van der Waals surface area contributed by atoms with Crippen molar-refractivity contribution < 1.29 is 17.9 Å². The molecule has 212 valence electrons. The molecule has 3 heterocycles. The lowest BCUT2D eigenvalue weighted by Crippen LogP contribution is -2.44. The molecule has 12 heteroatoms. The van der Waals surface area contributed by atoms with Crippen LogP contribution in [-0.4, -0.2) is 60.9 Å². The summed E-state index contributed by atoms with van der Waals surface area (Å²) in [6, 6.07) is 14.4. The van der Waals surface area contributed by atoms with Gasteiger partial charge in [-0.25, -0.2) is 18.1 Å². The van der Waals surface area contributed by atoms with Gasteiger partial charge >= 0.3 is 5.97 Å². The lowest BCUT2D eigenvalue weighted by Gasteiger charge is -2.33. The third-order valence-electron chi connectivity index (χ3n) is 7.36. The highest BCUT2D eigenvalue weighted by molar-refractivity contribution is 9.10.